The summed E-state index contributed by atoms with van der Waals surface area (Å²) in [5, 5.41) is 6.95. The Morgan fingerprint density at radius 2 is 1.78 bits per heavy atom. The number of nitrogens with zero attached hydrogens (tertiary/aromatic N) is 5. The van der Waals surface area contributed by atoms with Crippen molar-refractivity contribution < 1.29 is 4.39 Å². The third kappa shape index (κ3) is 3.66. The summed E-state index contributed by atoms with van der Waals surface area (Å²) in [5.41, 5.74) is 8.89. The summed E-state index contributed by atoms with van der Waals surface area (Å²) in [6.45, 7) is 5.66. The lowest BCUT2D eigenvalue weighted by molar-refractivity contribution is 0.608. The number of H-pyrrole nitrogens is 1. The van der Waals surface area contributed by atoms with E-state index in [-0.39, 0.29) is 0 Å². The fraction of sp³-hybridized carbons (Fsp3) is 0.250. The molecule has 1 N–H and O–H groups in total. The highest BCUT2D eigenvalue weighted by Gasteiger charge is 2.29. The van der Waals surface area contributed by atoms with Gasteiger partial charge in [-0.2, -0.15) is 5.10 Å². The second-order valence-electron chi connectivity index (χ2n) is 9.05. The largest absolute Gasteiger partial charge is 0.360 e. The van der Waals surface area contributed by atoms with E-state index in [0.29, 0.717) is 24.1 Å². The molecule has 4 heterocycles. The Morgan fingerprint density at radius 3 is 2.50 bits per heavy atom. The zero-order valence-corrected chi connectivity index (χ0v) is 21.0. The van der Waals surface area contributed by atoms with E-state index in [0.717, 1.165) is 58.4 Å². The van der Waals surface area contributed by atoms with Gasteiger partial charge in [0.2, 0.25) is 5.95 Å². The van der Waals surface area contributed by atoms with Crippen molar-refractivity contribution in [3.05, 3.63) is 88.2 Å². The van der Waals surface area contributed by atoms with Gasteiger partial charge in [-0.3, -0.25) is 0 Å². The third-order valence-corrected chi connectivity index (χ3v) is 7.34. The maximum atomic E-state index is 13.5. The van der Waals surface area contributed by atoms with Gasteiger partial charge in [0.15, 0.2) is 5.82 Å². The predicted molar refractivity (Wildman–Crippen MR) is 141 cm³/mol. The Morgan fingerprint density at radius 1 is 1.03 bits per heavy atom. The highest BCUT2D eigenvalue weighted by atomic mass is 35.5. The molecular weight excluding hydrogens is 475 g/mol. The number of halogens is 2. The van der Waals surface area contributed by atoms with E-state index in [9.17, 15) is 4.39 Å². The van der Waals surface area contributed by atoms with Crippen molar-refractivity contribution in [1.29, 1.82) is 0 Å². The molecule has 8 heteroatoms. The van der Waals surface area contributed by atoms with E-state index >= 15 is 0 Å². The van der Waals surface area contributed by atoms with Crippen LogP contribution in [0.5, 0.6) is 0 Å². The molecule has 0 aliphatic carbocycles. The average molecular weight is 501 g/mol. The SMILES string of the molecule is CCc1cccc(CC)c1-n1nc2c(c1-c1ccc(Cl)c3[nH]ccc13)CN(c1ncc(F)cn1)CC2. The summed E-state index contributed by atoms with van der Waals surface area (Å²) in [6.07, 6.45) is 6.91. The summed E-state index contributed by atoms with van der Waals surface area (Å²) in [4.78, 5) is 13.9. The zero-order valence-electron chi connectivity index (χ0n) is 20.2. The molecule has 0 saturated carbocycles. The number of aromatic amines is 1. The lowest BCUT2D eigenvalue weighted by Gasteiger charge is -2.27. The highest BCUT2D eigenvalue weighted by Crippen LogP contribution is 2.40. The van der Waals surface area contributed by atoms with Gasteiger partial charge in [-0.1, -0.05) is 49.7 Å². The predicted octanol–water partition coefficient (Wildman–Crippen LogP) is 6.29. The number of aromatic nitrogens is 5. The zero-order chi connectivity index (χ0) is 24.8. The van der Waals surface area contributed by atoms with Crippen LogP contribution in [0, 0.1) is 5.82 Å². The van der Waals surface area contributed by atoms with Gasteiger partial charge in [-0.15, -0.1) is 0 Å². The standard InChI is InChI=1S/C28H26ClFN6/c1-3-17-6-5-7-18(4-2)26(17)36-27(21-8-9-23(29)25-20(21)10-12-31-25)22-16-35(13-11-24(22)34-36)28-32-14-19(30)15-33-28/h5-10,12,14-15,31H,3-4,11,13,16H2,1-2H3. The molecule has 6 rings (SSSR count). The van der Waals surface area contributed by atoms with Gasteiger partial charge in [0.1, 0.15) is 0 Å². The van der Waals surface area contributed by atoms with Gasteiger partial charge >= 0.3 is 0 Å². The van der Waals surface area contributed by atoms with Crippen LogP contribution in [-0.2, 0) is 25.8 Å². The Hall–Kier alpha value is -3.71. The second kappa shape index (κ2) is 9.06. The molecule has 182 valence electrons. The summed E-state index contributed by atoms with van der Waals surface area (Å²) in [6, 6.07) is 12.6. The van der Waals surface area contributed by atoms with Crippen LogP contribution in [0.1, 0.15) is 36.2 Å². The van der Waals surface area contributed by atoms with Crippen LogP contribution < -0.4 is 4.90 Å². The number of aryl methyl sites for hydroxylation is 2. The van der Waals surface area contributed by atoms with Crippen molar-refractivity contribution in [3.63, 3.8) is 0 Å². The molecule has 0 spiro atoms. The lowest BCUT2D eigenvalue weighted by Crippen LogP contribution is -2.31. The molecule has 0 fully saturated rings. The summed E-state index contributed by atoms with van der Waals surface area (Å²) in [7, 11) is 0. The minimum absolute atomic E-state index is 0.441. The van der Waals surface area contributed by atoms with Gasteiger partial charge in [0.25, 0.3) is 0 Å². The highest BCUT2D eigenvalue weighted by molar-refractivity contribution is 6.35. The monoisotopic (exact) mass is 500 g/mol. The number of benzene rings is 2. The molecule has 5 aromatic rings. The number of hydrogen-bond acceptors (Lipinski definition) is 4. The van der Waals surface area contributed by atoms with Crippen LogP contribution >= 0.6 is 11.6 Å². The molecule has 0 radical (unpaired) electrons. The summed E-state index contributed by atoms with van der Waals surface area (Å²) >= 11 is 6.53. The van der Waals surface area contributed by atoms with E-state index in [1.54, 1.807) is 0 Å². The van der Waals surface area contributed by atoms with Gasteiger partial charge in [0, 0.05) is 42.2 Å². The Bertz CT molecular complexity index is 1550. The summed E-state index contributed by atoms with van der Waals surface area (Å²) in [5.74, 6) is 0.0797. The molecule has 2 aromatic carbocycles. The molecule has 0 unspecified atom stereocenters. The van der Waals surface area contributed by atoms with E-state index in [2.05, 4.69) is 68.7 Å². The Balaban J connectivity index is 1.61. The topological polar surface area (TPSA) is 62.6 Å². The molecule has 3 aromatic heterocycles. The maximum absolute atomic E-state index is 13.5. The van der Waals surface area contributed by atoms with E-state index in [1.807, 2.05) is 12.3 Å². The van der Waals surface area contributed by atoms with Crippen LogP contribution in [0.4, 0.5) is 10.3 Å². The minimum Gasteiger partial charge on any atom is -0.360 e. The van der Waals surface area contributed by atoms with Crippen LogP contribution in [0.25, 0.3) is 27.8 Å². The van der Waals surface area contributed by atoms with Crippen LogP contribution in [0.2, 0.25) is 5.02 Å². The smallest absolute Gasteiger partial charge is 0.225 e. The molecule has 1 aliphatic heterocycles. The third-order valence-electron chi connectivity index (χ3n) is 7.03. The van der Waals surface area contributed by atoms with Crippen molar-refractivity contribution in [2.75, 3.05) is 11.4 Å². The van der Waals surface area contributed by atoms with Crippen molar-refractivity contribution in [1.82, 2.24) is 24.7 Å². The van der Waals surface area contributed by atoms with Crippen LogP contribution in [0.15, 0.2) is 55.0 Å². The minimum atomic E-state index is -0.441. The molecule has 6 nitrogen and oxygen atoms in total. The van der Waals surface area contributed by atoms with Crippen molar-refractivity contribution in [2.45, 2.75) is 39.7 Å². The quantitative estimate of drug-likeness (QED) is 0.308. The number of fused-ring (bicyclic) bond motifs is 2. The van der Waals surface area contributed by atoms with Crippen LogP contribution in [-0.4, -0.2) is 31.3 Å². The van der Waals surface area contributed by atoms with Gasteiger partial charge in [-0.25, -0.2) is 19.0 Å². The van der Waals surface area contributed by atoms with E-state index < -0.39 is 5.82 Å². The number of nitrogens with one attached hydrogen (secondary N) is 1. The molecule has 0 saturated heterocycles. The first-order chi connectivity index (χ1) is 17.6. The van der Waals surface area contributed by atoms with Crippen molar-refractivity contribution in [2.24, 2.45) is 0 Å². The number of hydrogen-bond donors (Lipinski definition) is 1. The van der Waals surface area contributed by atoms with Crippen LogP contribution in [0.3, 0.4) is 0 Å². The number of anilines is 1. The normalized spacial score (nSPS) is 13.4. The molecule has 0 bridgehead atoms. The number of rotatable bonds is 5. The fourth-order valence-electron chi connectivity index (χ4n) is 5.27. The maximum Gasteiger partial charge on any atom is 0.225 e. The summed E-state index contributed by atoms with van der Waals surface area (Å²) < 4.78 is 15.6. The van der Waals surface area contributed by atoms with Gasteiger partial charge < -0.3 is 9.88 Å². The fourth-order valence-corrected chi connectivity index (χ4v) is 5.49. The molecule has 36 heavy (non-hydrogen) atoms. The van der Waals surface area contributed by atoms with E-state index in [4.69, 9.17) is 16.7 Å². The Labute approximate surface area is 213 Å². The van der Waals surface area contributed by atoms with Crippen molar-refractivity contribution >= 4 is 28.5 Å². The first-order valence-corrected chi connectivity index (χ1v) is 12.7. The molecular formula is C28H26ClFN6. The molecule has 0 atom stereocenters. The Kier molecular flexibility index (Phi) is 5.72. The first-order valence-electron chi connectivity index (χ1n) is 12.3. The molecule has 0 amide bonds. The van der Waals surface area contributed by atoms with Gasteiger partial charge in [0.05, 0.1) is 40.0 Å². The number of para-hydroxylation sites is 1. The average Bonchev–Trinajstić information content (AvgIpc) is 3.54. The first kappa shape index (κ1) is 22.7. The van der Waals surface area contributed by atoms with E-state index in [1.165, 1.54) is 23.5 Å². The molecule has 1 aliphatic rings. The van der Waals surface area contributed by atoms with Gasteiger partial charge in [-0.05, 0) is 36.1 Å². The van der Waals surface area contributed by atoms with Crippen molar-refractivity contribution in [3.8, 4) is 16.9 Å². The second-order valence-corrected chi connectivity index (χ2v) is 9.46. The lowest BCUT2D eigenvalue weighted by atomic mass is 9.97.